The van der Waals surface area contributed by atoms with Gasteiger partial charge in [-0.3, -0.25) is 14.3 Å². The Morgan fingerprint density at radius 1 is 1.53 bits per heavy atom. The van der Waals surface area contributed by atoms with Crippen LogP contribution < -0.4 is 5.73 Å². The molecule has 1 saturated heterocycles. The van der Waals surface area contributed by atoms with Crippen LogP contribution in [0.2, 0.25) is 0 Å². The van der Waals surface area contributed by atoms with Gasteiger partial charge in [-0.15, -0.1) is 0 Å². The van der Waals surface area contributed by atoms with Crippen LogP contribution in [0.25, 0.3) is 0 Å². The number of esters is 1. The highest BCUT2D eigenvalue weighted by Crippen LogP contribution is 2.24. The van der Waals surface area contributed by atoms with Crippen molar-refractivity contribution in [3.8, 4) is 0 Å². The zero-order chi connectivity index (χ0) is 14.0. The van der Waals surface area contributed by atoms with Crippen LogP contribution in [0.1, 0.15) is 6.92 Å². The third kappa shape index (κ3) is 2.86. The number of ether oxygens (including phenoxy) is 1. The lowest BCUT2D eigenvalue weighted by Gasteiger charge is -2.15. The van der Waals surface area contributed by atoms with Gasteiger partial charge < -0.3 is 15.4 Å². The lowest BCUT2D eigenvalue weighted by atomic mass is 9.99. The Bertz CT molecular complexity index is 485. The molecule has 2 rings (SSSR count). The van der Waals surface area contributed by atoms with Crippen LogP contribution >= 0.6 is 0 Å². The summed E-state index contributed by atoms with van der Waals surface area (Å²) in [6.07, 6.45) is 3.10. The number of nitrogen functional groups attached to an aromatic ring is 1. The molecule has 0 spiro atoms. The van der Waals surface area contributed by atoms with Crippen molar-refractivity contribution >= 4 is 17.6 Å². The predicted molar refractivity (Wildman–Crippen MR) is 67.9 cm³/mol. The number of amides is 1. The number of hydrogen-bond donors (Lipinski definition) is 1. The molecule has 19 heavy (non-hydrogen) atoms. The topological polar surface area (TPSA) is 90.5 Å². The first kappa shape index (κ1) is 13.4. The minimum atomic E-state index is -0.258. The molecule has 2 atom stereocenters. The van der Waals surface area contributed by atoms with E-state index in [0.717, 1.165) is 0 Å². The van der Waals surface area contributed by atoms with Gasteiger partial charge in [0, 0.05) is 19.3 Å². The SMILES string of the molecule is COC(=O)C1CN(C(=O)Cn2cc(N)cn2)CC1C. The molecule has 1 amide bonds. The molecule has 0 aromatic carbocycles. The number of nitrogens with two attached hydrogens (primary N) is 1. The minimum absolute atomic E-state index is 0.0682. The van der Waals surface area contributed by atoms with Crippen molar-refractivity contribution in [3.63, 3.8) is 0 Å². The number of hydrogen-bond acceptors (Lipinski definition) is 5. The molecule has 1 aliphatic heterocycles. The summed E-state index contributed by atoms with van der Waals surface area (Å²) < 4.78 is 6.24. The summed E-state index contributed by atoms with van der Waals surface area (Å²) in [7, 11) is 1.37. The molecule has 1 aromatic rings. The van der Waals surface area contributed by atoms with E-state index >= 15 is 0 Å². The molecule has 7 heteroatoms. The molecule has 0 radical (unpaired) electrons. The Kier molecular flexibility index (Phi) is 3.73. The summed E-state index contributed by atoms with van der Waals surface area (Å²) in [5.74, 6) is -0.455. The van der Waals surface area contributed by atoms with Gasteiger partial charge in [0.25, 0.3) is 0 Å². The molecule has 1 aromatic heterocycles. The highest BCUT2D eigenvalue weighted by molar-refractivity contribution is 5.79. The zero-order valence-electron chi connectivity index (χ0n) is 11.1. The van der Waals surface area contributed by atoms with Crippen molar-refractivity contribution in [2.75, 3.05) is 25.9 Å². The van der Waals surface area contributed by atoms with Crippen molar-refractivity contribution in [2.45, 2.75) is 13.5 Å². The third-order valence-corrected chi connectivity index (χ3v) is 3.42. The lowest BCUT2D eigenvalue weighted by Crippen LogP contribution is -2.33. The summed E-state index contributed by atoms with van der Waals surface area (Å²) >= 11 is 0. The molecule has 2 N–H and O–H groups in total. The van der Waals surface area contributed by atoms with E-state index in [1.54, 1.807) is 11.1 Å². The fraction of sp³-hybridized carbons (Fsp3) is 0.583. The summed E-state index contributed by atoms with van der Waals surface area (Å²) in [6, 6.07) is 0. The number of rotatable bonds is 3. The lowest BCUT2D eigenvalue weighted by molar-refractivity contribution is -0.146. The van der Waals surface area contributed by atoms with Crippen LogP contribution in [-0.2, 0) is 20.9 Å². The number of likely N-dealkylation sites (tertiary alicyclic amines) is 1. The van der Waals surface area contributed by atoms with E-state index < -0.39 is 0 Å². The van der Waals surface area contributed by atoms with Crippen molar-refractivity contribution in [2.24, 2.45) is 11.8 Å². The van der Waals surface area contributed by atoms with Gasteiger partial charge in [0.2, 0.25) is 5.91 Å². The number of methoxy groups -OCH3 is 1. The second kappa shape index (κ2) is 5.29. The molecule has 1 fully saturated rings. The van der Waals surface area contributed by atoms with Crippen LogP contribution in [0.3, 0.4) is 0 Å². The van der Waals surface area contributed by atoms with E-state index in [9.17, 15) is 9.59 Å². The molecule has 0 aliphatic carbocycles. The van der Waals surface area contributed by atoms with Gasteiger partial charge >= 0.3 is 5.97 Å². The van der Waals surface area contributed by atoms with Gasteiger partial charge in [-0.05, 0) is 5.92 Å². The second-order valence-corrected chi connectivity index (χ2v) is 4.88. The number of nitrogens with zero attached hydrogens (tertiary/aromatic N) is 3. The van der Waals surface area contributed by atoms with E-state index in [2.05, 4.69) is 5.10 Å². The summed E-state index contributed by atoms with van der Waals surface area (Å²) in [5, 5.41) is 3.97. The van der Waals surface area contributed by atoms with Crippen molar-refractivity contribution in [1.29, 1.82) is 0 Å². The fourth-order valence-electron chi connectivity index (χ4n) is 2.33. The molecule has 1 aliphatic rings. The van der Waals surface area contributed by atoms with E-state index in [-0.39, 0.29) is 30.3 Å². The highest BCUT2D eigenvalue weighted by atomic mass is 16.5. The van der Waals surface area contributed by atoms with E-state index in [1.165, 1.54) is 18.0 Å². The Hall–Kier alpha value is -2.05. The minimum Gasteiger partial charge on any atom is -0.469 e. The molecule has 104 valence electrons. The normalized spacial score (nSPS) is 22.5. The Labute approximate surface area is 111 Å². The monoisotopic (exact) mass is 266 g/mol. The molecule has 0 bridgehead atoms. The van der Waals surface area contributed by atoms with Crippen LogP contribution in [0.4, 0.5) is 5.69 Å². The standard InChI is InChI=1S/C12H18N4O3/c1-8-4-15(6-10(8)12(18)19-2)11(17)7-16-5-9(13)3-14-16/h3,5,8,10H,4,6-7,13H2,1-2H3. The molecule has 0 saturated carbocycles. The largest absolute Gasteiger partial charge is 0.469 e. The molecule has 7 nitrogen and oxygen atoms in total. The number of carbonyl (C=O) groups excluding carboxylic acids is 2. The predicted octanol–water partition coefficient (Wildman–Crippen LogP) is -0.267. The maximum Gasteiger partial charge on any atom is 0.310 e. The molecule has 2 heterocycles. The molecule has 2 unspecified atom stereocenters. The maximum absolute atomic E-state index is 12.1. The first-order valence-corrected chi connectivity index (χ1v) is 6.14. The summed E-state index contributed by atoms with van der Waals surface area (Å²) in [5.41, 5.74) is 6.06. The third-order valence-electron chi connectivity index (χ3n) is 3.42. The van der Waals surface area contributed by atoms with E-state index in [1.807, 2.05) is 6.92 Å². The van der Waals surface area contributed by atoms with Crippen LogP contribution in [0.15, 0.2) is 12.4 Å². The van der Waals surface area contributed by atoms with Gasteiger partial charge in [-0.1, -0.05) is 6.92 Å². The maximum atomic E-state index is 12.1. The van der Waals surface area contributed by atoms with Gasteiger partial charge in [0.05, 0.1) is 24.9 Å². The molecular formula is C12H18N4O3. The smallest absolute Gasteiger partial charge is 0.310 e. The number of aromatic nitrogens is 2. The summed E-state index contributed by atoms with van der Waals surface area (Å²) in [4.78, 5) is 25.3. The average molecular weight is 266 g/mol. The van der Waals surface area contributed by atoms with Gasteiger partial charge in [-0.2, -0.15) is 5.10 Å². The molecular weight excluding hydrogens is 248 g/mol. The number of carbonyl (C=O) groups is 2. The summed E-state index contributed by atoms with van der Waals surface area (Å²) in [6.45, 7) is 3.05. The van der Waals surface area contributed by atoms with Gasteiger partial charge in [-0.25, -0.2) is 0 Å². The van der Waals surface area contributed by atoms with Crippen LogP contribution in [-0.4, -0.2) is 46.8 Å². The van der Waals surface area contributed by atoms with Crippen molar-refractivity contribution in [1.82, 2.24) is 14.7 Å². The van der Waals surface area contributed by atoms with Crippen LogP contribution in [0.5, 0.6) is 0 Å². The van der Waals surface area contributed by atoms with E-state index in [0.29, 0.717) is 18.8 Å². The van der Waals surface area contributed by atoms with Gasteiger partial charge in [0.15, 0.2) is 0 Å². The number of anilines is 1. The van der Waals surface area contributed by atoms with Crippen molar-refractivity contribution in [3.05, 3.63) is 12.4 Å². The second-order valence-electron chi connectivity index (χ2n) is 4.88. The van der Waals surface area contributed by atoms with E-state index in [4.69, 9.17) is 10.5 Å². The zero-order valence-corrected chi connectivity index (χ0v) is 11.1. The Morgan fingerprint density at radius 2 is 2.26 bits per heavy atom. The quantitative estimate of drug-likeness (QED) is 0.761. The first-order chi connectivity index (χ1) is 9.01. The fourth-order valence-corrected chi connectivity index (χ4v) is 2.33. The van der Waals surface area contributed by atoms with Gasteiger partial charge in [0.1, 0.15) is 6.54 Å². The first-order valence-electron chi connectivity index (χ1n) is 6.14. The van der Waals surface area contributed by atoms with Crippen LogP contribution in [0, 0.1) is 11.8 Å². The Morgan fingerprint density at radius 3 is 2.84 bits per heavy atom. The highest BCUT2D eigenvalue weighted by Gasteiger charge is 2.37. The van der Waals surface area contributed by atoms with Crippen molar-refractivity contribution < 1.29 is 14.3 Å². The average Bonchev–Trinajstić information content (AvgIpc) is 2.95. The Balaban J connectivity index is 1.96.